The standard InChI is InChI=1S/C8H15BN2S/c1-9-7-3-2-4-11-5-6-12-10-8(7)11/h7,9H,2-6H2,1H3. The zero-order chi connectivity index (χ0) is 8.39. The Morgan fingerprint density at radius 3 is 3.33 bits per heavy atom. The van der Waals surface area contributed by atoms with Crippen molar-refractivity contribution in [2.24, 2.45) is 4.40 Å². The molecule has 0 aromatic rings. The predicted octanol–water partition coefficient (Wildman–Crippen LogP) is 1.42. The predicted molar refractivity (Wildman–Crippen MR) is 57.5 cm³/mol. The van der Waals surface area contributed by atoms with Crippen LogP contribution in [0.2, 0.25) is 12.6 Å². The van der Waals surface area contributed by atoms with Crippen LogP contribution in [-0.2, 0) is 0 Å². The summed E-state index contributed by atoms with van der Waals surface area (Å²) < 4.78 is 4.56. The van der Waals surface area contributed by atoms with Crippen LogP contribution in [0.5, 0.6) is 0 Å². The molecule has 0 saturated carbocycles. The van der Waals surface area contributed by atoms with Gasteiger partial charge in [0.2, 0.25) is 0 Å². The minimum Gasteiger partial charge on any atom is -0.359 e. The third-order valence-electron chi connectivity index (χ3n) is 2.77. The van der Waals surface area contributed by atoms with Gasteiger partial charge in [-0.05, 0) is 30.6 Å². The molecule has 0 amide bonds. The molecular weight excluding hydrogens is 167 g/mol. The average molecular weight is 182 g/mol. The van der Waals surface area contributed by atoms with Gasteiger partial charge in [-0.2, -0.15) is 0 Å². The molecule has 2 aliphatic rings. The first-order chi connectivity index (χ1) is 5.92. The monoisotopic (exact) mass is 182 g/mol. The summed E-state index contributed by atoms with van der Waals surface area (Å²) in [7, 11) is 1.26. The highest BCUT2D eigenvalue weighted by atomic mass is 32.2. The number of amidine groups is 1. The van der Waals surface area contributed by atoms with Gasteiger partial charge in [0.15, 0.2) is 0 Å². The summed E-state index contributed by atoms with van der Waals surface area (Å²) in [6.07, 6.45) is 2.72. The van der Waals surface area contributed by atoms with E-state index < -0.39 is 0 Å². The van der Waals surface area contributed by atoms with Crippen LogP contribution >= 0.6 is 11.9 Å². The van der Waals surface area contributed by atoms with E-state index in [0.29, 0.717) is 0 Å². The lowest BCUT2D eigenvalue weighted by atomic mass is 9.63. The fourth-order valence-electron chi connectivity index (χ4n) is 2.04. The smallest absolute Gasteiger partial charge is 0.130 e. The summed E-state index contributed by atoms with van der Waals surface area (Å²) in [5.74, 6) is 3.33. The Morgan fingerprint density at radius 1 is 1.58 bits per heavy atom. The molecule has 2 heterocycles. The lowest BCUT2D eigenvalue weighted by molar-refractivity contribution is 0.387. The summed E-state index contributed by atoms with van der Waals surface area (Å²) in [5, 5.41) is 0. The highest BCUT2D eigenvalue weighted by Crippen LogP contribution is 2.28. The number of piperidine rings is 1. The fourth-order valence-corrected chi connectivity index (χ4v) is 2.83. The van der Waals surface area contributed by atoms with Gasteiger partial charge in [0, 0.05) is 18.8 Å². The van der Waals surface area contributed by atoms with E-state index in [4.69, 9.17) is 0 Å². The van der Waals surface area contributed by atoms with Crippen LogP contribution in [0, 0.1) is 0 Å². The van der Waals surface area contributed by atoms with Crippen molar-refractivity contribution in [1.82, 2.24) is 4.90 Å². The minimum absolute atomic E-state index is 0.756. The van der Waals surface area contributed by atoms with Crippen LogP contribution in [0.15, 0.2) is 4.40 Å². The number of hydrogen-bond donors (Lipinski definition) is 0. The molecule has 1 saturated heterocycles. The minimum atomic E-state index is 0.756. The van der Waals surface area contributed by atoms with Crippen LogP contribution in [0.1, 0.15) is 12.8 Å². The molecule has 0 aromatic carbocycles. The molecule has 4 heteroatoms. The van der Waals surface area contributed by atoms with Crippen molar-refractivity contribution in [2.45, 2.75) is 25.5 Å². The molecule has 0 aromatic heterocycles. The van der Waals surface area contributed by atoms with Crippen LogP contribution in [0.25, 0.3) is 0 Å². The van der Waals surface area contributed by atoms with E-state index >= 15 is 0 Å². The molecule has 2 nitrogen and oxygen atoms in total. The first-order valence-electron chi connectivity index (χ1n) is 4.86. The van der Waals surface area contributed by atoms with Gasteiger partial charge in [-0.15, -0.1) is 0 Å². The summed E-state index contributed by atoms with van der Waals surface area (Å²) in [6, 6.07) is 0. The SMILES string of the molecule is CBC1CCCN2CCSN=C12. The average Bonchev–Trinajstić information content (AvgIpc) is 2.17. The normalized spacial score (nSPS) is 29.2. The van der Waals surface area contributed by atoms with Gasteiger partial charge in [0.1, 0.15) is 13.1 Å². The zero-order valence-electron chi connectivity index (χ0n) is 7.62. The van der Waals surface area contributed by atoms with Crippen LogP contribution < -0.4 is 0 Å². The van der Waals surface area contributed by atoms with Gasteiger partial charge in [0.25, 0.3) is 0 Å². The van der Waals surface area contributed by atoms with Gasteiger partial charge in [-0.1, -0.05) is 6.82 Å². The Bertz CT molecular complexity index is 195. The zero-order valence-corrected chi connectivity index (χ0v) is 8.44. The molecule has 0 radical (unpaired) electrons. The maximum Gasteiger partial charge on any atom is 0.130 e. The molecule has 1 fully saturated rings. The van der Waals surface area contributed by atoms with Gasteiger partial charge < -0.3 is 4.90 Å². The first-order valence-corrected chi connectivity index (χ1v) is 5.81. The van der Waals surface area contributed by atoms with Crippen LogP contribution in [0.4, 0.5) is 0 Å². The highest BCUT2D eigenvalue weighted by molar-refractivity contribution is 7.98. The van der Waals surface area contributed by atoms with Gasteiger partial charge in [0.05, 0.1) is 0 Å². The summed E-state index contributed by atoms with van der Waals surface area (Å²) >= 11 is 1.75. The molecule has 0 spiro atoms. The van der Waals surface area contributed by atoms with Gasteiger partial charge in [-0.3, -0.25) is 0 Å². The second-order valence-electron chi connectivity index (χ2n) is 3.52. The van der Waals surface area contributed by atoms with Crippen molar-refractivity contribution in [2.75, 3.05) is 18.8 Å². The topological polar surface area (TPSA) is 15.6 Å². The number of hydrogen-bond acceptors (Lipinski definition) is 3. The molecular formula is C8H15BN2S. The van der Waals surface area contributed by atoms with Crippen molar-refractivity contribution >= 4 is 25.1 Å². The third kappa shape index (κ3) is 1.49. The highest BCUT2D eigenvalue weighted by Gasteiger charge is 2.27. The number of rotatable bonds is 1. The molecule has 1 unspecified atom stereocenters. The molecule has 1 atom stereocenters. The van der Waals surface area contributed by atoms with Crippen molar-refractivity contribution in [3.8, 4) is 0 Å². The van der Waals surface area contributed by atoms with Crippen LogP contribution in [-0.4, -0.2) is 36.9 Å². The van der Waals surface area contributed by atoms with E-state index in [-0.39, 0.29) is 0 Å². The molecule has 0 aliphatic carbocycles. The second kappa shape index (κ2) is 3.73. The Balaban J connectivity index is 2.12. The van der Waals surface area contributed by atoms with Gasteiger partial charge in [-0.25, -0.2) is 4.40 Å². The Hall–Kier alpha value is -0.115. The Kier molecular flexibility index (Phi) is 2.64. The molecule has 0 bridgehead atoms. The fraction of sp³-hybridized carbons (Fsp3) is 0.875. The van der Waals surface area contributed by atoms with Crippen molar-refractivity contribution < 1.29 is 0 Å². The van der Waals surface area contributed by atoms with E-state index in [9.17, 15) is 0 Å². The Labute approximate surface area is 79.2 Å². The van der Waals surface area contributed by atoms with E-state index in [1.165, 1.54) is 44.8 Å². The molecule has 2 rings (SSSR count). The molecule has 12 heavy (non-hydrogen) atoms. The third-order valence-corrected chi connectivity index (χ3v) is 3.45. The van der Waals surface area contributed by atoms with E-state index in [0.717, 1.165) is 5.82 Å². The van der Waals surface area contributed by atoms with E-state index in [2.05, 4.69) is 16.1 Å². The summed E-state index contributed by atoms with van der Waals surface area (Å²) in [5.41, 5.74) is 0. The lowest BCUT2D eigenvalue weighted by Gasteiger charge is -2.37. The number of nitrogens with zero attached hydrogens (tertiary/aromatic N) is 2. The van der Waals surface area contributed by atoms with Gasteiger partial charge >= 0.3 is 0 Å². The Morgan fingerprint density at radius 2 is 2.50 bits per heavy atom. The molecule has 0 N–H and O–H groups in total. The summed E-state index contributed by atoms with van der Waals surface area (Å²) in [6.45, 7) is 4.74. The second-order valence-corrected chi connectivity index (χ2v) is 4.37. The maximum atomic E-state index is 4.56. The lowest BCUT2D eigenvalue weighted by Crippen LogP contribution is -2.42. The molecule has 66 valence electrons. The summed E-state index contributed by atoms with van der Waals surface area (Å²) in [4.78, 5) is 2.48. The van der Waals surface area contributed by atoms with Crippen molar-refractivity contribution in [1.29, 1.82) is 0 Å². The molecule has 2 aliphatic heterocycles. The number of fused-ring (bicyclic) bond motifs is 1. The first kappa shape index (κ1) is 8.48. The van der Waals surface area contributed by atoms with Crippen molar-refractivity contribution in [3.63, 3.8) is 0 Å². The maximum absolute atomic E-state index is 4.56. The van der Waals surface area contributed by atoms with Crippen LogP contribution in [0.3, 0.4) is 0 Å². The van der Waals surface area contributed by atoms with E-state index in [1.807, 2.05) is 0 Å². The van der Waals surface area contributed by atoms with Crippen molar-refractivity contribution in [3.05, 3.63) is 0 Å². The quantitative estimate of drug-likeness (QED) is 0.450. The largest absolute Gasteiger partial charge is 0.359 e. The van der Waals surface area contributed by atoms with E-state index in [1.54, 1.807) is 11.9 Å².